The smallest absolute Gasteiger partial charge is 0.257 e. The third-order valence-corrected chi connectivity index (χ3v) is 6.28. The summed E-state index contributed by atoms with van der Waals surface area (Å²) in [5.74, 6) is 0.0445. The standard InChI is InChI=1S/C28H26N4O5/c1-2-32-16-21(26(33)20-13-24-25(14-23(20)32)37-17-36-24)27(34)31-22(12-18-6-4-3-5-7-18)28(35)30-15-19-8-10-29-11-9-19/h3-11,13-14,16,22H,2,12,15,17H2,1H3,(H,30,35)(H,31,34)/t22-/m0/s1. The summed E-state index contributed by atoms with van der Waals surface area (Å²) in [6.07, 6.45) is 5.09. The van der Waals surface area contributed by atoms with Crippen LogP contribution in [0.25, 0.3) is 10.9 Å². The van der Waals surface area contributed by atoms with E-state index in [1.165, 1.54) is 6.20 Å². The van der Waals surface area contributed by atoms with Crippen LogP contribution in [0.3, 0.4) is 0 Å². The maximum Gasteiger partial charge on any atom is 0.257 e. The Morgan fingerprint density at radius 3 is 2.49 bits per heavy atom. The number of aryl methyl sites for hydroxylation is 1. The van der Waals surface area contributed by atoms with Gasteiger partial charge in [-0.3, -0.25) is 19.4 Å². The van der Waals surface area contributed by atoms with E-state index >= 15 is 0 Å². The molecule has 37 heavy (non-hydrogen) atoms. The first kappa shape index (κ1) is 24.1. The number of fused-ring (bicyclic) bond motifs is 2. The van der Waals surface area contributed by atoms with E-state index in [1.54, 1.807) is 36.7 Å². The van der Waals surface area contributed by atoms with Crippen molar-refractivity contribution < 1.29 is 19.1 Å². The van der Waals surface area contributed by atoms with Gasteiger partial charge in [-0.25, -0.2) is 0 Å². The van der Waals surface area contributed by atoms with Crippen molar-refractivity contribution in [2.24, 2.45) is 0 Å². The zero-order valence-electron chi connectivity index (χ0n) is 20.3. The lowest BCUT2D eigenvalue weighted by molar-refractivity contribution is -0.123. The topological polar surface area (TPSA) is 112 Å². The first-order valence-electron chi connectivity index (χ1n) is 12.0. The van der Waals surface area contributed by atoms with Crippen LogP contribution in [-0.2, 0) is 24.3 Å². The maximum atomic E-state index is 13.4. The molecule has 2 amide bonds. The molecule has 2 aromatic heterocycles. The summed E-state index contributed by atoms with van der Waals surface area (Å²) in [6, 6.07) is 15.5. The molecule has 0 fully saturated rings. The second-order valence-corrected chi connectivity index (χ2v) is 8.67. The Labute approximate surface area is 213 Å². The number of hydrogen-bond acceptors (Lipinski definition) is 6. The number of carbonyl (C=O) groups is 2. The number of carbonyl (C=O) groups excluding carboxylic acids is 2. The van der Waals surface area contributed by atoms with E-state index < -0.39 is 17.4 Å². The van der Waals surface area contributed by atoms with Crippen LogP contribution in [0.15, 0.2) is 78.0 Å². The SMILES string of the molecule is CCn1cc(C(=O)N[C@@H](Cc2ccccc2)C(=O)NCc2ccncc2)c(=O)c2cc3c(cc21)OCO3. The molecule has 9 nitrogen and oxygen atoms in total. The van der Waals surface area contributed by atoms with E-state index in [1.807, 2.05) is 41.8 Å². The Bertz CT molecular complexity index is 1500. The summed E-state index contributed by atoms with van der Waals surface area (Å²) in [7, 11) is 0. The molecule has 3 heterocycles. The highest BCUT2D eigenvalue weighted by molar-refractivity contribution is 6.00. The summed E-state index contributed by atoms with van der Waals surface area (Å²) in [4.78, 5) is 44.0. The highest BCUT2D eigenvalue weighted by atomic mass is 16.7. The van der Waals surface area contributed by atoms with Gasteiger partial charge < -0.3 is 24.7 Å². The van der Waals surface area contributed by atoms with Crippen molar-refractivity contribution in [3.63, 3.8) is 0 Å². The summed E-state index contributed by atoms with van der Waals surface area (Å²) in [5.41, 5.74) is 1.92. The average molecular weight is 499 g/mol. The predicted octanol–water partition coefficient (Wildman–Crippen LogP) is 2.80. The van der Waals surface area contributed by atoms with Gasteiger partial charge in [-0.15, -0.1) is 0 Å². The minimum absolute atomic E-state index is 0.0480. The van der Waals surface area contributed by atoms with Gasteiger partial charge in [-0.1, -0.05) is 30.3 Å². The molecule has 0 aliphatic carbocycles. The summed E-state index contributed by atoms with van der Waals surface area (Å²) in [6.45, 7) is 2.81. The second kappa shape index (κ2) is 10.5. The molecule has 4 aromatic rings. The van der Waals surface area contributed by atoms with Crippen LogP contribution < -0.4 is 25.5 Å². The number of ether oxygens (including phenoxy) is 2. The van der Waals surface area contributed by atoms with Gasteiger partial charge in [0.1, 0.15) is 11.6 Å². The van der Waals surface area contributed by atoms with Crippen molar-refractivity contribution in [2.45, 2.75) is 32.5 Å². The molecule has 0 bridgehead atoms. The van der Waals surface area contributed by atoms with Gasteiger partial charge in [-0.05, 0) is 36.2 Å². The Kier molecular flexibility index (Phi) is 6.85. The monoisotopic (exact) mass is 498 g/mol. The van der Waals surface area contributed by atoms with Crippen LogP contribution in [0.5, 0.6) is 11.5 Å². The lowest BCUT2D eigenvalue weighted by Crippen LogP contribution is -2.48. The van der Waals surface area contributed by atoms with Crippen LogP contribution in [0.2, 0.25) is 0 Å². The number of hydrogen-bond donors (Lipinski definition) is 2. The maximum absolute atomic E-state index is 13.4. The fraction of sp³-hybridized carbons (Fsp3) is 0.214. The van der Waals surface area contributed by atoms with Gasteiger partial charge >= 0.3 is 0 Å². The number of pyridine rings is 2. The van der Waals surface area contributed by atoms with Crippen molar-refractivity contribution in [1.29, 1.82) is 0 Å². The van der Waals surface area contributed by atoms with Gasteiger partial charge in [0, 0.05) is 44.2 Å². The molecule has 5 rings (SSSR count). The van der Waals surface area contributed by atoms with E-state index in [4.69, 9.17) is 9.47 Å². The molecular weight excluding hydrogens is 472 g/mol. The molecule has 0 saturated heterocycles. The molecule has 0 spiro atoms. The summed E-state index contributed by atoms with van der Waals surface area (Å²) in [5, 5.41) is 6.02. The molecule has 0 saturated carbocycles. The van der Waals surface area contributed by atoms with Crippen LogP contribution >= 0.6 is 0 Å². The van der Waals surface area contributed by atoms with Gasteiger partial charge in [0.2, 0.25) is 18.1 Å². The zero-order valence-corrected chi connectivity index (χ0v) is 20.3. The lowest BCUT2D eigenvalue weighted by Gasteiger charge is -2.19. The number of nitrogens with one attached hydrogen (secondary N) is 2. The molecule has 2 N–H and O–H groups in total. The molecule has 2 aromatic carbocycles. The van der Waals surface area contributed by atoms with E-state index in [9.17, 15) is 14.4 Å². The van der Waals surface area contributed by atoms with E-state index in [2.05, 4.69) is 15.6 Å². The third kappa shape index (κ3) is 5.16. The predicted molar refractivity (Wildman–Crippen MR) is 137 cm³/mol. The lowest BCUT2D eigenvalue weighted by atomic mass is 10.0. The van der Waals surface area contributed by atoms with Gasteiger partial charge in [0.15, 0.2) is 11.5 Å². The largest absolute Gasteiger partial charge is 0.454 e. The minimum Gasteiger partial charge on any atom is -0.454 e. The number of benzene rings is 2. The molecule has 1 aliphatic heterocycles. The van der Waals surface area contributed by atoms with Gasteiger partial charge in [0.25, 0.3) is 5.91 Å². The molecule has 1 aliphatic rings. The normalized spacial score (nSPS) is 12.8. The van der Waals surface area contributed by atoms with Crippen LogP contribution in [0, 0.1) is 0 Å². The number of aromatic nitrogens is 2. The highest BCUT2D eigenvalue weighted by Crippen LogP contribution is 2.35. The van der Waals surface area contributed by atoms with Crippen LogP contribution in [-0.4, -0.2) is 34.2 Å². The first-order valence-corrected chi connectivity index (χ1v) is 12.0. The Morgan fingerprint density at radius 2 is 1.76 bits per heavy atom. The Morgan fingerprint density at radius 1 is 1.03 bits per heavy atom. The fourth-order valence-electron chi connectivity index (χ4n) is 4.31. The van der Waals surface area contributed by atoms with Crippen LogP contribution in [0.4, 0.5) is 0 Å². The Hall–Kier alpha value is -4.66. The summed E-state index contributed by atoms with van der Waals surface area (Å²) >= 11 is 0. The molecule has 9 heteroatoms. The van der Waals surface area contributed by atoms with Gasteiger partial charge in [-0.2, -0.15) is 0 Å². The van der Waals surface area contributed by atoms with E-state index in [-0.39, 0.29) is 31.2 Å². The molecular formula is C28H26N4O5. The Balaban J connectivity index is 1.44. The zero-order chi connectivity index (χ0) is 25.8. The second-order valence-electron chi connectivity index (χ2n) is 8.67. The highest BCUT2D eigenvalue weighted by Gasteiger charge is 2.25. The average Bonchev–Trinajstić information content (AvgIpc) is 3.39. The minimum atomic E-state index is -0.890. The van der Waals surface area contributed by atoms with E-state index in [0.717, 1.165) is 11.1 Å². The number of amides is 2. The van der Waals surface area contributed by atoms with Gasteiger partial charge in [0.05, 0.1) is 10.9 Å². The fourth-order valence-corrected chi connectivity index (χ4v) is 4.31. The van der Waals surface area contributed by atoms with Crippen molar-refractivity contribution in [3.05, 3.63) is 100 Å². The summed E-state index contributed by atoms with van der Waals surface area (Å²) < 4.78 is 12.7. The quantitative estimate of drug-likeness (QED) is 0.387. The van der Waals surface area contributed by atoms with E-state index in [0.29, 0.717) is 28.9 Å². The molecule has 0 unspecified atom stereocenters. The first-order chi connectivity index (χ1) is 18.0. The van der Waals surface area contributed by atoms with Crippen molar-refractivity contribution in [1.82, 2.24) is 20.2 Å². The number of rotatable bonds is 8. The van der Waals surface area contributed by atoms with Crippen molar-refractivity contribution in [3.8, 4) is 11.5 Å². The third-order valence-electron chi connectivity index (χ3n) is 6.28. The molecule has 188 valence electrons. The molecule has 1 atom stereocenters. The van der Waals surface area contributed by atoms with Crippen molar-refractivity contribution in [2.75, 3.05) is 6.79 Å². The molecule has 0 radical (unpaired) electrons. The van der Waals surface area contributed by atoms with Crippen LogP contribution in [0.1, 0.15) is 28.4 Å². The van der Waals surface area contributed by atoms with Crippen molar-refractivity contribution >= 4 is 22.7 Å². The number of nitrogens with zero attached hydrogens (tertiary/aromatic N) is 2.